The molecule has 50 heavy (non-hydrogen) atoms. The van der Waals surface area contributed by atoms with Gasteiger partial charge in [0.05, 0.1) is 11.0 Å². The van der Waals surface area contributed by atoms with Gasteiger partial charge < -0.3 is 8.98 Å². The van der Waals surface area contributed by atoms with Crippen molar-refractivity contribution in [2.24, 2.45) is 0 Å². The third-order valence-electron chi connectivity index (χ3n) is 9.25. The second-order valence-electron chi connectivity index (χ2n) is 12.4. The van der Waals surface area contributed by atoms with Crippen LogP contribution in [0.2, 0.25) is 0 Å². The van der Waals surface area contributed by atoms with E-state index in [-0.39, 0.29) is 0 Å². The van der Waals surface area contributed by atoms with Crippen LogP contribution in [0.1, 0.15) is 0 Å². The van der Waals surface area contributed by atoms with Crippen molar-refractivity contribution >= 4 is 43.7 Å². The van der Waals surface area contributed by atoms with Crippen LogP contribution in [0, 0.1) is 0 Å². The normalized spacial score (nSPS) is 11.6. The van der Waals surface area contributed by atoms with Gasteiger partial charge in [0, 0.05) is 38.7 Å². The molecule has 0 saturated heterocycles. The lowest BCUT2D eigenvalue weighted by molar-refractivity contribution is 0.620. The minimum absolute atomic E-state index is 0.611. The smallest absolute Gasteiger partial charge is 0.227 e. The monoisotopic (exact) mass is 641 g/mol. The van der Waals surface area contributed by atoms with Gasteiger partial charge in [0.15, 0.2) is 23.1 Å². The van der Waals surface area contributed by atoms with E-state index in [9.17, 15) is 0 Å². The number of nitrogens with zero attached hydrogens (tertiary/aromatic N) is 5. The van der Waals surface area contributed by atoms with Crippen LogP contribution in [0.15, 0.2) is 168 Å². The van der Waals surface area contributed by atoms with Crippen molar-refractivity contribution in [3.63, 3.8) is 0 Å². The highest BCUT2D eigenvalue weighted by molar-refractivity contribution is 6.10. The first kappa shape index (κ1) is 28.1. The summed E-state index contributed by atoms with van der Waals surface area (Å²) in [5.41, 5.74) is 8.70. The van der Waals surface area contributed by atoms with Crippen molar-refractivity contribution < 1.29 is 4.42 Å². The predicted molar refractivity (Wildman–Crippen MR) is 201 cm³/mol. The van der Waals surface area contributed by atoms with E-state index in [0.717, 1.165) is 60.8 Å². The van der Waals surface area contributed by atoms with Gasteiger partial charge in [-0.3, -0.25) is 0 Å². The van der Waals surface area contributed by atoms with Crippen LogP contribution in [0.3, 0.4) is 0 Å². The summed E-state index contributed by atoms with van der Waals surface area (Å²) in [7, 11) is 0. The number of para-hydroxylation sites is 3. The molecule has 6 heteroatoms. The molecule has 6 nitrogen and oxygen atoms in total. The lowest BCUT2D eigenvalue weighted by Crippen LogP contribution is -2.00. The molecule has 0 radical (unpaired) electrons. The Kier molecular flexibility index (Phi) is 6.39. The average Bonchev–Trinajstić information content (AvgIpc) is 3.77. The molecular formula is C44H27N5O. The summed E-state index contributed by atoms with van der Waals surface area (Å²) in [4.78, 5) is 19.5. The molecule has 0 aliphatic carbocycles. The quantitative estimate of drug-likeness (QED) is 0.187. The Labute approximate surface area is 287 Å². The van der Waals surface area contributed by atoms with Crippen molar-refractivity contribution in [1.29, 1.82) is 0 Å². The van der Waals surface area contributed by atoms with Crippen LogP contribution < -0.4 is 0 Å². The molecule has 0 N–H and O–H groups in total. The topological polar surface area (TPSA) is 69.6 Å². The molecule has 0 fully saturated rings. The van der Waals surface area contributed by atoms with Crippen LogP contribution in [-0.2, 0) is 0 Å². The minimum Gasteiger partial charge on any atom is -0.436 e. The summed E-state index contributed by atoms with van der Waals surface area (Å²) in [6.45, 7) is 0. The highest BCUT2D eigenvalue weighted by atomic mass is 16.3. The lowest BCUT2D eigenvalue weighted by atomic mass is 10.1. The van der Waals surface area contributed by atoms with E-state index < -0.39 is 0 Å². The highest BCUT2D eigenvalue weighted by Crippen LogP contribution is 2.36. The van der Waals surface area contributed by atoms with Gasteiger partial charge in [-0.25, -0.2) is 19.9 Å². The summed E-state index contributed by atoms with van der Waals surface area (Å²) >= 11 is 0. The van der Waals surface area contributed by atoms with Crippen molar-refractivity contribution in [2.45, 2.75) is 0 Å². The van der Waals surface area contributed by atoms with Gasteiger partial charge in [-0.2, -0.15) is 0 Å². The summed E-state index contributed by atoms with van der Waals surface area (Å²) in [5.74, 6) is 2.54. The SMILES string of the molecule is c1ccc(-c2nc(-c3ccccc3)nc(-c3ccc4cc(-n5c6ccccc6c6ccc(-c7nc8ccccc8o7)cc65)ccc4c3)n2)cc1. The molecule has 0 aliphatic rings. The number of aromatic nitrogens is 5. The molecule has 3 heterocycles. The van der Waals surface area contributed by atoms with E-state index in [2.05, 4.69) is 83.4 Å². The molecular weight excluding hydrogens is 615 g/mol. The Morgan fingerprint density at radius 2 is 1.00 bits per heavy atom. The molecule has 234 valence electrons. The zero-order valence-electron chi connectivity index (χ0n) is 26.7. The molecule has 10 aromatic rings. The van der Waals surface area contributed by atoms with Gasteiger partial charge in [-0.1, -0.05) is 115 Å². The number of oxazole rings is 1. The Morgan fingerprint density at radius 3 is 1.76 bits per heavy atom. The first-order valence-corrected chi connectivity index (χ1v) is 16.6. The lowest BCUT2D eigenvalue weighted by Gasteiger charge is -2.11. The van der Waals surface area contributed by atoms with Crippen LogP contribution in [0.4, 0.5) is 0 Å². The van der Waals surface area contributed by atoms with Gasteiger partial charge in [-0.15, -0.1) is 0 Å². The number of benzene rings is 7. The fraction of sp³-hybridized carbons (Fsp3) is 0. The van der Waals surface area contributed by atoms with Gasteiger partial charge in [0.2, 0.25) is 5.89 Å². The molecule has 0 saturated carbocycles. The maximum absolute atomic E-state index is 6.16. The number of hydrogen-bond donors (Lipinski definition) is 0. The van der Waals surface area contributed by atoms with E-state index in [1.807, 2.05) is 84.9 Å². The van der Waals surface area contributed by atoms with Gasteiger partial charge in [0.1, 0.15) is 5.52 Å². The molecule has 0 unspecified atom stereocenters. The summed E-state index contributed by atoms with van der Waals surface area (Å²) in [6.07, 6.45) is 0. The minimum atomic E-state index is 0.611. The molecule has 10 rings (SSSR count). The zero-order chi connectivity index (χ0) is 33.0. The number of hydrogen-bond acceptors (Lipinski definition) is 5. The average molecular weight is 642 g/mol. The van der Waals surface area contributed by atoms with E-state index in [4.69, 9.17) is 24.4 Å². The maximum atomic E-state index is 6.16. The van der Waals surface area contributed by atoms with Crippen LogP contribution in [0.5, 0.6) is 0 Å². The summed E-state index contributed by atoms with van der Waals surface area (Å²) < 4.78 is 8.49. The molecule has 0 atom stereocenters. The Balaban J connectivity index is 1.10. The zero-order valence-corrected chi connectivity index (χ0v) is 26.7. The third-order valence-corrected chi connectivity index (χ3v) is 9.25. The molecule has 3 aromatic heterocycles. The summed E-state index contributed by atoms with van der Waals surface area (Å²) in [6, 6.07) is 56.0. The Bertz CT molecular complexity index is 2780. The van der Waals surface area contributed by atoms with Crippen molar-refractivity contribution in [3.05, 3.63) is 164 Å². The standard InChI is InChI=1S/C44H27N5O/c1-3-11-28(12-4-1)41-46-42(29-13-5-2-6-14-29)48-43(47-41)32-20-19-31-26-34(23-21-30(31)25-32)49-38-17-9-7-15-35(38)36-24-22-33(27-39(36)49)44-45-37-16-8-10-18-40(37)50-44/h1-27H. The predicted octanol–water partition coefficient (Wildman–Crippen LogP) is 10.9. The second-order valence-corrected chi connectivity index (χ2v) is 12.4. The first-order chi connectivity index (χ1) is 24.7. The molecule has 0 amide bonds. The second kappa shape index (κ2) is 11.4. The van der Waals surface area contributed by atoms with Crippen LogP contribution >= 0.6 is 0 Å². The first-order valence-electron chi connectivity index (χ1n) is 16.6. The Morgan fingerprint density at radius 1 is 0.400 bits per heavy atom. The van der Waals surface area contributed by atoms with E-state index in [1.54, 1.807) is 0 Å². The van der Waals surface area contributed by atoms with E-state index >= 15 is 0 Å². The van der Waals surface area contributed by atoms with E-state index in [0.29, 0.717) is 23.4 Å². The Hall–Kier alpha value is -6.92. The largest absolute Gasteiger partial charge is 0.436 e. The molecule has 0 aliphatic heterocycles. The summed E-state index contributed by atoms with van der Waals surface area (Å²) in [5, 5.41) is 4.59. The van der Waals surface area contributed by atoms with Gasteiger partial charge in [-0.05, 0) is 59.3 Å². The number of rotatable bonds is 5. The number of fused-ring (bicyclic) bond motifs is 5. The fourth-order valence-electron chi connectivity index (χ4n) is 6.83. The highest BCUT2D eigenvalue weighted by Gasteiger charge is 2.17. The van der Waals surface area contributed by atoms with Crippen molar-refractivity contribution in [3.8, 4) is 51.3 Å². The molecule has 0 spiro atoms. The van der Waals surface area contributed by atoms with E-state index in [1.165, 1.54) is 10.8 Å². The molecule has 7 aromatic carbocycles. The van der Waals surface area contributed by atoms with Crippen molar-refractivity contribution in [1.82, 2.24) is 24.5 Å². The third kappa shape index (κ3) is 4.73. The fourth-order valence-corrected chi connectivity index (χ4v) is 6.83. The van der Waals surface area contributed by atoms with Gasteiger partial charge in [0.25, 0.3) is 0 Å². The van der Waals surface area contributed by atoms with Gasteiger partial charge >= 0.3 is 0 Å². The molecule has 0 bridgehead atoms. The van der Waals surface area contributed by atoms with Crippen LogP contribution in [-0.4, -0.2) is 24.5 Å². The van der Waals surface area contributed by atoms with Crippen molar-refractivity contribution in [2.75, 3.05) is 0 Å². The maximum Gasteiger partial charge on any atom is 0.227 e. The van der Waals surface area contributed by atoms with Crippen LogP contribution in [0.25, 0.3) is 95.0 Å².